The molecule has 31 heavy (non-hydrogen) atoms. The predicted octanol–water partition coefficient (Wildman–Crippen LogP) is 6.26. The monoisotopic (exact) mass is 452 g/mol. The van der Waals surface area contributed by atoms with E-state index >= 15 is 0 Å². The number of hydrogen-bond acceptors (Lipinski definition) is 3. The van der Waals surface area contributed by atoms with Crippen LogP contribution < -0.4 is 10.6 Å². The summed E-state index contributed by atoms with van der Waals surface area (Å²) in [5.41, 5.74) is 4.61. The summed E-state index contributed by atoms with van der Waals surface area (Å²) in [5, 5.41) is 6.25. The summed E-state index contributed by atoms with van der Waals surface area (Å²) >= 11 is 7.33. The van der Waals surface area contributed by atoms with Gasteiger partial charge >= 0.3 is 0 Å². The number of rotatable bonds is 7. The van der Waals surface area contributed by atoms with Gasteiger partial charge in [-0.1, -0.05) is 35.9 Å². The Morgan fingerprint density at radius 1 is 0.903 bits per heavy atom. The number of amides is 2. The lowest BCUT2D eigenvalue weighted by atomic mass is 10.1. The second-order valence-electron chi connectivity index (χ2n) is 7.50. The van der Waals surface area contributed by atoms with Gasteiger partial charge in [0.25, 0.3) is 0 Å². The van der Waals surface area contributed by atoms with E-state index in [0.29, 0.717) is 10.7 Å². The van der Waals surface area contributed by atoms with Crippen LogP contribution in [-0.2, 0) is 16.0 Å². The first kappa shape index (κ1) is 22.9. The Hall–Kier alpha value is -2.76. The Balaban J connectivity index is 1.58. The minimum absolute atomic E-state index is 0.0628. The summed E-state index contributed by atoms with van der Waals surface area (Å²) in [6.45, 7) is 5.88. The Morgan fingerprint density at radius 2 is 1.58 bits per heavy atom. The highest BCUT2D eigenvalue weighted by molar-refractivity contribution is 8.00. The Morgan fingerprint density at radius 3 is 2.26 bits per heavy atom. The van der Waals surface area contributed by atoms with Crippen LogP contribution in [0.5, 0.6) is 0 Å². The zero-order valence-corrected chi connectivity index (χ0v) is 19.3. The maximum absolute atomic E-state index is 12.6. The van der Waals surface area contributed by atoms with E-state index < -0.39 is 0 Å². The van der Waals surface area contributed by atoms with E-state index in [4.69, 9.17) is 11.6 Å². The number of carbonyl (C=O) groups is 2. The van der Waals surface area contributed by atoms with Crippen molar-refractivity contribution in [2.24, 2.45) is 0 Å². The summed E-state index contributed by atoms with van der Waals surface area (Å²) < 4.78 is 0. The van der Waals surface area contributed by atoms with Crippen LogP contribution >= 0.6 is 23.4 Å². The summed E-state index contributed by atoms with van der Waals surface area (Å²) in [4.78, 5) is 25.9. The van der Waals surface area contributed by atoms with E-state index in [9.17, 15) is 9.59 Å². The molecule has 6 heteroatoms. The number of nitrogens with one attached hydrogen (secondary N) is 2. The van der Waals surface area contributed by atoms with E-state index in [1.54, 1.807) is 12.1 Å². The van der Waals surface area contributed by atoms with Gasteiger partial charge in [-0.15, -0.1) is 11.8 Å². The first-order valence-electron chi connectivity index (χ1n) is 9.98. The molecule has 0 aliphatic carbocycles. The van der Waals surface area contributed by atoms with Crippen molar-refractivity contribution in [2.75, 3.05) is 10.6 Å². The number of carbonyl (C=O) groups excluding carboxylic acids is 2. The maximum Gasteiger partial charge on any atom is 0.237 e. The lowest BCUT2D eigenvalue weighted by molar-refractivity contribution is -0.116. The molecular weight excluding hydrogens is 428 g/mol. The van der Waals surface area contributed by atoms with Crippen molar-refractivity contribution >= 4 is 46.6 Å². The smallest absolute Gasteiger partial charge is 0.237 e. The number of hydrogen-bond donors (Lipinski definition) is 2. The first-order chi connectivity index (χ1) is 14.8. The van der Waals surface area contributed by atoms with E-state index in [1.165, 1.54) is 11.8 Å². The van der Waals surface area contributed by atoms with Gasteiger partial charge in [-0.3, -0.25) is 9.59 Å². The van der Waals surface area contributed by atoms with Crippen LogP contribution in [0.2, 0.25) is 5.02 Å². The van der Waals surface area contributed by atoms with Crippen molar-refractivity contribution in [3.8, 4) is 0 Å². The molecule has 3 aromatic carbocycles. The molecule has 0 heterocycles. The largest absolute Gasteiger partial charge is 0.326 e. The zero-order valence-electron chi connectivity index (χ0n) is 17.7. The standard InChI is InChI=1S/C25H25ClN2O2S/c1-16-11-17(2)13-22(12-16)28-25(30)18(3)31-23-6-4-5-21(15-23)27-24(29)14-19-7-9-20(26)10-8-19/h4-13,15,18H,14H2,1-3H3,(H,27,29)(H,28,30). The Kier molecular flexibility index (Phi) is 7.77. The number of halogens is 1. The van der Waals surface area contributed by atoms with Gasteiger partial charge in [0.05, 0.1) is 11.7 Å². The third-order valence-corrected chi connectivity index (χ3v) is 5.91. The SMILES string of the molecule is Cc1cc(C)cc(NC(=O)C(C)Sc2cccc(NC(=O)Cc3ccc(Cl)cc3)c2)c1. The highest BCUT2D eigenvalue weighted by Crippen LogP contribution is 2.27. The first-order valence-corrected chi connectivity index (χ1v) is 11.2. The molecule has 1 atom stereocenters. The van der Waals surface area contributed by atoms with Crippen LogP contribution in [-0.4, -0.2) is 17.1 Å². The molecule has 1 unspecified atom stereocenters. The van der Waals surface area contributed by atoms with Crippen LogP contribution in [0.4, 0.5) is 11.4 Å². The van der Waals surface area contributed by atoms with Crippen LogP contribution in [0, 0.1) is 13.8 Å². The molecule has 0 bridgehead atoms. The third kappa shape index (κ3) is 7.16. The van der Waals surface area contributed by atoms with E-state index in [-0.39, 0.29) is 23.5 Å². The van der Waals surface area contributed by atoms with Crippen molar-refractivity contribution in [1.29, 1.82) is 0 Å². The van der Waals surface area contributed by atoms with Crippen molar-refractivity contribution in [3.63, 3.8) is 0 Å². The number of thioether (sulfide) groups is 1. The molecule has 0 radical (unpaired) electrons. The van der Waals surface area contributed by atoms with Gasteiger partial charge in [-0.25, -0.2) is 0 Å². The van der Waals surface area contributed by atoms with Crippen LogP contribution in [0.25, 0.3) is 0 Å². The normalized spacial score (nSPS) is 11.6. The van der Waals surface area contributed by atoms with Gasteiger partial charge in [-0.2, -0.15) is 0 Å². The van der Waals surface area contributed by atoms with Crippen molar-refractivity contribution in [1.82, 2.24) is 0 Å². The van der Waals surface area contributed by atoms with E-state index in [0.717, 1.165) is 27.3 Å². The minimum Gasteiger partial charge on any atom is -0.326 e. The molecule has 4 nitrogen and oxygen atoms in total. The Labute approximate surface area is 192 Å². The highest BCUT2D eigenvalue weighted by atomic mass is 35.5. The van der Waals surface area contributed by atoms with Crippen LogP contribution in [0.1, 0.15) is 23.6 Å². The molecular formula is C25H25ClN2O2S. The fraction of sp³-hybridized carbons (Fsp3) is 0.200. The number of aryl methyl sites for hydroxylation is 2. The van der Waals surface area contributed by atoms with Gasteiger partial charge in [0, 0.05) is 21.3 Å². The zero-order chi connectivity index (χ0) is 22.4. The Bertz CT molecular complexity index is 1060. The highest BCUT2D eigenvalue weighted by Gasteiger charge is 2.15. The average Bonchev–Trinajstić information content (AvgIpc) is 2.69. The summed E-state index contributed by atoms with van der Waals surface area (Å²) in [6, 6.07) is 20.7. The lowest BCUT2D eigenvalue weighted by Gasteiger charge is -2.14. The molecule has 0 fully saturated rings. The van der Waals surface area contributed by atoms with Crippen molar-refractivity contribution < 1.29 is 9.59 Å². The second kappa shape index (κ2) is 10.5. The molecule has 3 aromatic rings. The van der Waals surface area contributed by atoms with Gasteiger partial charge in [0.15, 0.2) is 0 Å². The fourth-order valence-corrected chi connectivity index (χ4v) is 4.24. The molecule has 2 amide bonds. The van der Waals surface area contributed by atoms with E-state index in [1.807, 2.05) is 69.3 Å². The summed E-state index contributed by atoms with van der Waals surface area (Å²) in [7, 11) is 0. The minimum atomic E-state index is -0.291. The molecule has 0 aliphatic heterocycles. The average molecular weight is 453 g/mol. The molecule has 0 aliphatic rings. The van der Waals surface area contributed by atoms with Gasteiger partial charge < -0.3 is 10.6 Å². The summed E-state index contributed by atoms with van der Waals surface area (Å²) in [5.74, 6) is -0.169. The molecule has 2 N–H and O–H groups in total. The molecule has 0 saturated heterocycles. The second-order valence-corrected chi connectivity index (χ2v) is 9.36. The number of benzene rings is 3. The number of anilines is 2. The van der Waals surface area contributed by atoms with E-state index in [2.05, 4.69) is 16.7 Å². The van der Waals surface area contributed by atoms with Crippen molar-refractivity contribution in [2.45, 2.75) is 37.3 Å². The maximum atomic E-state index is 12.6. The quantitative estimate of drug-likeness (QED) is 0.416. The molecule has 3 rings (SSSR count). The molecule has 160 valence electrons. The molecule has 0 spiro atoms. The predicted molar refractivity (Wildman–Crippen MR) is 130 cm³/mol. The van der Waals surface area contributed by atoms with Gasteiger partial charge in [-0.05, 0) is 79.9 Å². The molecule has 0 saturated carbocycles. The third-order valence-electron chi connectivity index (χ3n) is 4.57. The van der Waals surface area contributed by atoms with Crippen LogP contribution in [0.15, 0.2) is 71.6 Å². The molecule has 0 aromatic heterocycles. The van der Waals surface area contributed by atoms with Crippen molar-refractivity contribution in [3.05, 3.63) is 88.4 Å². The summed E-state index contributed by atoms with van der Waals surface area (Å²) in [6.07, 6.45) is 0.267. The van der Waals surface area contributed by atoms with Crippen LogP contribution in [0.3, 0.4) is 0 Å². The van der Waals surface area contributed by atoms with Gasteiger partial charge in [0.2, 0.25) is 11.8 Å². The van der Waals surface area contributed by atoms with Gasteiger partial charge in [0.1, 0.15) is 0 Å². The lowest BCUT2D eigenvalue weighted by Crippen LogP contribution is -2.22. The topological polar surface area (TPSA) is 58.2 Å². The fourth-order valence-electron chi connectivity index (χ4n) is 3.19.